The van der Waals surface area contributed by atoms with Crippen LogP contribution in [0.5, 0.6) is 0 Å². The van der Waals surface area contributed by atoms with E-state index in [9.17, 15) is 9.50 Å². The summed E-state index contributed by atoms with van der Waals surface area (Å²) in [5, 5.41) is 19.1. The smallest absolute Gasteiger partial charge is 0.145 e. The van der Waals surface area contributed by atoms with Crippen LogP contribution in [0.3, 0.4) is 0 Å². The lowest BCUT2D eigenvalue weighted by Gasteiger charge is -2.56. The van der Waals surface area contributed by atoms with Gasteiger partial charge in [-0.2, -0.15) is 5.26 Å². The number of hydrogen-bond donors (Lipinski definition) is 1. The van der Waals surface area contributed by atoms with Crippen LogP contribution in [0.4, 0.5) is 4.39 Å². The lowest BCUT2D eigenvalue weighted by Crippen LogP contribution is -2.62. The molecule has 23 heavy (non-hydrogen) atoms. The lowest BCUT2D eigenvalue weighted by atomic mass is 9.58. The van der Waals surface area contributed by atoms with E-state index in [0.717, 1.165) is 32.4 Å². The van der Waals surface area contributed by atoms with Crippen molar-refractivity contribution in [2.75, 3.05) is 19.7 Å². The zero-order valence-electron chi connectivity index (χ0n) is 13.5. The second-order valence-corrected chi connectivity index (χ2v) is 6.60. The number of nitriles is 1. The van der Waals surface area contributed by atoms with Crippen LogP contribution in [-0.2, 0) is 11.3 Å². The van der Waals surface area contributed by atoms with Crippen molar-refractivity contribution in [3.8, 4) is 6.07 Å². The summed E-state index contributed by atoms with van der Waals surface area (Å²) < 4.78 is 19.9. The molecular weight excluding hydrogens is 295 g/mol. The van der Waals surface area contributed by atoms with E-state index in [1.807, 2.05) is 13.0 Å². The summed E-state index contributed by atoms with van der Waals surface area (Å²) in [5.41, 5.74) is 0.553. The number of halogens is 1. The van der Waals surface area contributed by atoms with Crippen molar-refractivity contribution in [1.29, 1.82) is 5.26 Å². The number of ether oxygens (including phenoxy) is 1. The van der Waals surface area contributed by atoms with Crippen molar-refractivity contribution >= 4 is 0 Å². The van der Waals surface area contributed by atoms with Crippen LogP contribution in [-0.4, -0.2) is 41.9 Å². The highest BCUT2D eigenvalue weighted by molar-refractivity contribution is 5.34. The average Bonchev–Trinajstić information content (AvgIpc) is 2.57. The van der Waals surface area contributed by atoms with Gasteiger partial charge in [-0.1, -0.05) is 12.1 Å². The molecule has 4 nitrogen and oxygen atoms in total. The first kappa shape index (κ1) is 16.4. The summed E-state index contributed by atoms with van der Waals surface area (Å²) in [4.78, 5) is 2.19. The van der Waals surface area contributed by atoms with E-state index in [4.69, 9.17) is 10.00 Å². The molecule has 1 aromatic rings. The molecule has 0 amide bonds. The van der Waals surface area contributed by atoms with Crippen molar-refractivity contribution < 1.29 is 14.2 Å². The molecule has 1 aromatic carbocycles. The van der Waals surface area contributed by atoms with E-state index in [1.165, 1.54) is 6.07 Å². The van der Waals surface area contributed by atoms with Crippen LogP contribution >= 0.6 is 0 Å². The third kappa shape index (κ3) is 2.87. The Labute approximate surface area is 136 Å². The fourth-order valence-corrected chi connectivity index (χ4v) is 3.97. The van der Waals surface area contributed by atoms with Crippen molar-refractivity contribution in [3.05, 3.63) is 35.1 Å². The Kier molecular flexibility index (Phi) is 4.67. The van der Waals surface area contributed by atoms with Gasteiger partial charge >= 0.3 is 0 Å². The van der Waals surface area contributed by atoms with Crippen LogP contribution in [0.15, 0.2) is 18.2 Å². The van der Waals surface area contributed by atoms with Gasteiger partial charge in [-0.25, -0.2) is 4.39 Å². The molecule has 5 heteroatoms. The molecule has 0 radical (unpaired) electrons. The number of hydrogen-bond acceptors (Lipinski definition) is 4. The number of aliphatic hydroxyl groups is 1. The van der Waals surface area contributed by atoms with Gasteiger partial charge in [0.25, 0.3) is 0 Å². The standard InChI is InChI=1S/C18H23FN2O2/c1-2-23-16-10-15(22)18(16)6-8-21(9-7-18)12-14-5-3-4-13(11-20)17(14)19/h3-5,15-16,22H,2,6-10,12H2,1H3. The number of rotatable bonds is 4. The Balaban J connectivity index is 1.63. The maximum Gasteiger partial charge on any atom is 0.145 e. The van der Waals surface area contributed by atoms with Gasteiger partial charge in [0.15, 0.2) is 0 Å². The predicted octanol–water partition coefficient (Wildman–Crippen LogP) is 2.45. The third-order valence-corrected chi connectivity index (χ3v) is 5.49. The Bertz CT molecular complexity index is 604. The van der Waals surface area contributed by atoms with Crippen molar-refractivity contribution in [3.63, 3.8) is 0 Å². The molecule has 124 valence electrons. The summed E-state index contributed by atoms with van der Waals surface area (Å²) >= 11 is 0. The minimum absolute atomic E-state index is 0.0989. The van der Waals surface area contributed by atoms with Gasteiger partial charge < -0.3 is 9.84 Å². The van der Waals surface area contributed by atoms with Gasteiger partial charge in [0.1, 0.15) is 11.9 Å². The first-order chi connectivity index (χ1) is 11.1. The Morgan fingerprint density at radius 3 is 2.78 bits per heavy atom. The lowest BCUT2D eigenvalue weighted by molar-refractivity contribution is -0.209. The molecule has 2 fully saturated rings. The van der Waals surface area contributed by atoms with E-state index < -0.39 is 5.82 Å². The van der Waals surface area contributed by atoms with Gasteiger partial charge in [-0.15, -0.1) is 0 Å². The van der Waals surface area contributed by atoms with Gasteiger partial charge in [-0.05, 0) is 38.9 Å². The van der Waals surface area contributed by atoms with Crippen molar-refractivity contribution in [2.24, 2.45) is 5.41 Å². The minimum Gasteiger partial charge on any atom is -0.392 e. The van der Waals surface area contributed by atoms with Gasteiger partial charge in [0, 0.05) is 30.6 Å². The molecule has 1 spiro atoms. The Morgan fingerprint density at radius 2 is 2.17 bits per heavy atom. The maximum atomic E-state index is 14.2. The molecule has 1 aliphatic carbocycles. The molecule has 2 aliphatic rings. The third-order valence-electron chi connectivity index (χ3n) is 5.49. The highest BCUT2D eigenvalue weighted by Gasteiger charge is 2.55. The van der Waals surface area contributed by atoms with Crippen LogP contribution in [0.1, 0.15) is 37.3 Å². The molecule has 1 saturated carbocycles. The molecule has 0 bridgehead atoms. The molecule has 1 aliphatic heterocycles. The minimum atomic E-state index is -0.411. The summed E-state index contributed by atoms with van der Waals surface area (Å²) in [6.07, 6.45) is 2.35. The van der Waals surface area contributed by atoms with E-state index in [-0.39, 0.29) is 23.2 Å². The fraction of sp³-hybridized carbons (Fsp3) is 0.611. The molecule has 1 N–H and O–H groups in total. The molecule has 1 saturated heterocycles. The van der Waals surface area contributed by atoms with Crippen LogP contribution in [0, 0.1) is 22.6 Å². The second-order valence-electron chi connectivity index (χ2n) is 6.60. The summed E-state index contributed by atoms with van der Waals surface area (Å²) in [7, 11) is 0. The summed E-state index contributed by atoms with van der Waals surface area (Å²) in [5.74, 6) is -0.411. The van der Waals surface area contributed by atoms with Crippen molar-refractivity contribution in [1.82, 2.24) is 4.90 Å². The fourth-order valence-electron chi connectivity index (χ4n) is 3.97. The van der Waals surface area contributed by atoms with Gasteiger partial charge in [0.05, 0.1) is 17.8 Å². The topological polar surface area (TPSA) is 56.5 Å². The van der Waals surface area contributed by atoms with E-state index in [0.29, 0.717) is 18.7 Å². The van der Waals surface area contributed by atoms with E-state index >= 15 is 0 Å². The van der Waals surface area contributed by atoms with Crippen molar-refractivity contribution in [2.45, 2.75) is 44.9 Å². The van der Waals surface area contributed by atoms with E-state index in [2.05, 4.69) is 4.90 Å². The average molecular weight is 318 g/mol. The number of piperidine rings is 1. The number of aliphatic hydroxyl groups excluding tert-OH is 1. The largest absolute Gasteiger partial charge is 0.392 e. The molecular formula is C18H23FN2O2. The summed E-state index contributed by atoms with van der Waals surface area (Å²) in [6, 6.07) is 6.85. The molecule has 2 atom stereocenters. The second kappa shape index (κ2) is 6.56. The van der Waals surface area contributed by atoms with Crippen LogP contribution < -0.4 is 0 Å². The quantitative estimate of drug-likeness (QED) is 0.926. The molecule has 3 rings (SSSR count). The predicted molar refractivity (Wildman–Crippen MR) is 84.1 cm³/mol. The van der Waals surface area contributed by atoms with Crippen LogP contribution in [0.25, 0.3) is 0 Å². The normalized spacial score (nSPS) is 26.7. The Hall–Kier alpha value is -1.48. The maximum absolute atomic E-state index is 14.2. The molecule has 2 unspecified atom stereocenters. The van der Waals surface area contributed by atoms with E-state index in [1.54, 1.807) is 12.1 Å². The summed E-state index contributed by atoms with van der Waals surface area (Å²) in [6.45, 7) is 4.80. The zero-order valence-corrected chi connectivity index (χ0v) is 13.5. The zero-order chi connectivity index (χ0) is 16.4. The number of benzene rings is 1. The van der Waals surface area contributed by atoms with Gasteiger partial charge in [-0.3, -0.25) is 4.90 Å². The highest BCUT2D eigenvalue weighted by atomic mass is 19.1. The first-order valence-electron chi connectivity index (χ1n) is 8.30. The first-order valence-corrected chi connectivity index (χ1v) is 8.30. The molecule has 0 aromatic heterocycles. The van der Waals surface area contributed by atoms with Gasteiger partial charge in [0.2, 0.25) is 0 Å². The number of likely N-dealkylation sites (tertiary alicyclic amines) is 1. The molecule has 1 heterocycles. The number of nitrogens with zero attached hydrogens (tertiary/aromatic N) is 2. The highest BCUT2D eigenvalue weighted by Crippen LogP contribution is 2.51. The SMILES string of the molecule is CCOC1CC(O)C12CCN(Cc1cccc(C#N)c1F)CC2. The van der Waals surface area contributed by atoms with Crippen LogP contribution in [0.2, 0.25) is 0 Å². The monoisotopic (exact) mass is 318 g/mol. The Morgan fingerprint density at radius 1 is 1.43 bits per heavy atom.